The van der Waals surface area contributed by atoms with Crippen molar-refractivity contribution in [3.8, 4) is 5.88 Å². The van der Waals surface area contributed by atoms with Gasteiger partial charge in [0.05, 0.1) is 12.3 Å². The largest absolute Gasteiger partial charge is 0.475 e. The molecule has 1 saturated heterocycles. The highest BCUT2D eigenvalue weighted by Gasteiger charge is 2.23. The summed E-state index contributed by atoms with van der Waals surface area (Å²) in [5.41, 5.74) is 0.414. The first-order valence-electron chi connectivity index (χ1n) is 5.59. The van der Waals surface area contributed by atoms with Gasteiger partial charge < -0.3 is 14.8 Å². The van der Waals surface area contributed by atoms with Crippen LogP contribution in [0.5, 0.6) is 5.88 Å². The standard InChI is InChI=1S/C11H11ClN4O4/c1-19-2-3-20-8-5-6(13-10(12)15-8)4-7-9(17)16-11(18)14-7/h4-5H,2-3H2,1H3,(H2,14,16,17,18). The van der Waals surface area contributed by atoms with Crippen molar-refractivity contribution < 1.29 is 19.1 Å². The van der Waals surface area contributed by atoms with Crippen LogP contribution in [-0.2, 0) is 9.53 Å². The molecule has 8 nitrogen and oxygen atoms in total. The predicted molar refractivity (Wildman–Crippen MR) is 69.1 cm³/mol. The number of halogens is 1. The van der Waals surface area contributed by atoms with Gasteiger partial charge in [0.2, 0.25) is 11.2 Å². The van der Waals surface area contributed by atoms with Crippen LogP contribution in [0.2, 0.25) is 5.28 Å². The number of nitrogens with zero attached hydrogens (tertiary/aromatic N) is 2. The molecule has 2 rings (SSSR count). The molecule has 0 radical (unpaired) electrons. The number of nitrogens with one attached hydrogen (secondary N) is 2. The van der Waals surface area contributed by atoms with E-state index in [1.807, 2.05) is 0 Å². The number of imide groups is 1. The van der Waals surface area contributed by atoms with Crippen molar-refractivity contribution in [3.05, 3.63) is 22.7 Å². The second kappa shape index (κ2) is 6.31. The van der Waals surface area contributed by atoms with Crippen LogP contribution in [0.15, 0.2) is 11.8 Å². The molecule has 1 aliphatic heterocycles. The van der Waals surface area contributed by atoms with Gasteiger partial charge >= 0.3 is 6.03 Å². The van der Waals surface area contributed by atoms with Crippen molar-refractivity contribution in [1.29, 1.82) is 0 Å². The summed E-state index contributed by atoms with van der Waals surface area (Å²) in [6.07, 6.45) is 1.37. The van der Waals surface area contributed by atoms with Crippen molar-refractivity contribution in [2.45, 2.75) is 0 Å². The number of amides is 3. The van der Waals surface area contributed by atoms with Gasteiger partial charge in [0.25, 0.3) is 5.91 Å². The first kappa shape index (κ1) is 14.2. The Balaban J connectivity index is 2.17. The average molecular weight is 299 g/mol. The van der Waals surface area contributed by atoms with E-state index in [4.69, 9.17) is 21.1 Å². The minimum atomic E-state index is -0.585. The van der Waals surface area contributed by atoms with Crippen LogP contribution < -0.4 is 15.4 Å². The number of carbonyl (C=O) groups is 2. The van der Waals surface area contributed by atoms with Crippen LogP contribution in [0.25, 0.3) is 6.08 Å². The first-order chi connectivity index (χ1) is 9.58. The van der Waals surface area contributed by atoms with Gasteiger partial charge in [-0.25, -0.2) is 9.78 Å². The third-order valence-electron chi connectivity index (χ3n) is 2.24. The summed E-state index contributed by atoms with van der Waals surface area (Å²) in [6, 6.07) is 0.907. The lowest BCUT2D eigenvalue weighted by atomic mass is 10.3. The molecule has 0 unspecified atom stereocenters. The quantitative estimate of drug-likeness (QED) is 0.352. The normalized spacial score (nSPS) is 16.2. The molecule has 9 heteroatoms. The molecule has 1 aromatic rings. The van der Waals surface area contributed by atoms with Gasteiger partial charge in [0, 0.05) is 13.2 Å². The summed E-state index contributed by atoms with van der Waals surface area (Å²) in [5, 5.41) is 4.39. The number of urea groups is 1. The Morgan fingerprint density at radius 1 is 1.30 bits per heavy atom. The number of hydrogen-bond acceptors (Lipinski definition) is 6. The van der Waals surface area contributed by atoms with Crippen LogP contribution in [0, 0.1) is 0 Å². The SMILES string of the molecule is COCCOc1cc(C=C2NC(=O)NC2=O)nc(Cl)n1. The molecule has 0 atom stereocenters. The molecule has 3 amide bonds. The summed E-state index contributed by atoms with van der Waals surface area (Å²) in [7, 11) is 1.55. The summed E-state index contributed by atoms with van der Waals surface area (Å²) in [6.45, 7) is 0.702. The Kier molecular flexibility index (Phi) is 4.49. The number of ether oxygens (including phenoxy) is 2. The lowest BCUT2D eigenvalue weighted by Gasteiger charge is -2.05. The number of carbonyl (C=O) groups excluding carboxylic acids is 2. The van der Waals surface area contributed by atoms with Crippen LogP contribution in [0.1, 0.15) is 5.69 Å². The van der Waals surface area contributed by atoms with E-state index in [0.29, 0.717) is 18.9 Å². The monoisotopic (exact) mass is 298 g/mol. The molecular weight excluding hydrogens is 288 g/mol. The van der Waals surface area contributed by atoms with E-state index in [1.165, 1.54) is 12.1 Å². The molecule has 2 N–H and O–H groups in total. The van der Waals surface area contributed by atoms with Crippen LogP contribution >= 0.6 is 11.6 Å². The van der Waals surface area contributed by atoms with Crippen molar-refractivity contribution in [2.24, 2.45) is 0 Å². The van der Waals surface area contributed by atoms with Gasteiger partial charge in [-0.3, -0.25) is 10.1 Å². The zero-order chi connectivity index (χ0) is 14.5. The summed E-state index contributed by atoms with van der Waals surface area (Å²) in [4.78, 5) is 30.2. The second-order valence-electron chi connectivity index (χ2n) is 3.71. The number of aromatic nitrogens is 2. The van der Waals surface area contributed by atoms with E-state index in [-0.39, 0.29) is 16.9 Å². The van der Waals surface area contributed by atoms with E-state index < -0.39 is 11.9 Å². The Hall–Kier alpha value is -2.19. The predicted octanol–water partition coefficient (Wildman–Crippen LogP) is 0.335. The van der Waals surface area contributed by atoms with Crippen molar-refractivity contribution in [2.75, 3.05) is 20.3 Å². The Morgan fingerprint density at radius 2 is 2.10 bits per heavy atom. The second-order valence-corrected chi connectivity index (χ2v) is 4.05. The maximum absolute atomic E-state index is 11.4. The average Bonchev–Trinajstić information content (AvgIpc) is 2.67. The molecule has 1 aromatic heterocycles. The highest BCUT2D eigenvalue weighted by molar-refractivity contribution is 6.28. The van der Waals surface area contributed by atoms with Crippen LogP contribution in [0.4, 0.5) is 4.79 Å². The summed E-state index contributed by atoms with van der Waals surface area (Å²) >= 11 is 5.76. The molecule has 20 heavy (non-hydrogen) atoms. The van der Waals surface area contributed by atoms with Gasteiger partial charge in [0.15, 0.2) is 0 Å². The highest BCUT2D eigenvalue weighted by atomic mass is 35.5. The van der Waals surface area contributed by atoms with E-state index >= 15 is 0 Å². The molecule has 0 aromatic carbocycles. The van der Waals surface area contributed by atoms with Crippen molar-refractivity contribution in [1.82, 2.24) is 20.6 Å². The van der Waals surface area contributed by atoms with E-state index in [2.05, 4.69) is 20.6 Å². The van der Waals surface area contributed by atoms with E-state index in [9.17, 15) is 9.59 Å². The molecule has 106 valence electrons. The summed E-state index contributed by atoms with van der Waals surface area (Å²) in [5.74, 6) is -0.287. The smallest absolute Gasteiger partial charge is 0.326 e. The molecule has 0 aliphatic carbocycles. The van der Waals surface area contributed by atoms with Gasteiger partial charge in [-0.05, 0) is 17.7 Å². The van der Waals surface area contributed by atoms with E-state index in [0.717, 1.165) is 0 Å². The van der Waals surface area contributed by atoms with Gasteiger partial charge in [0.1, 0.15) is 12.3 Å². The molecule has 2 heterocycles. The van der Waals surface area contributed by atoms with Gasteiger partial charge in [-0.15, -0.1) is 0 Å². The molecule has 0 saturated carbocycles. The molecule has 1 aliphatic rings. The van der Waals surface area contributed by atoms with Crippen LogP contribution in [-0.4, -0.2) is 42.2 Å². The molecule has 1 fully saturated rings. The minimum absolute atomic E-state index is 0.0310. The Bertz CT molecular complexity index is 576. The zero-order valence-electron chi connectivity index (χ0n) is 10.5. The van der Waals surface area contributed by atoms with Crippen LogP contribution in [0.3, 0.4) is 0 Å². The number of rotatable bonds is 5. The third kappa shape index (κ3) is 3.65. The third-order valence-corrected chi connectivity index (χ3v) is 2.41. The summed E-state index contributed by atoms with van der Waals surface area (Å²) < 4.78 is 10.1. The minimum Gasteiger partial charge on any atom is -0.475 e. The fourth-order valence-electron chi connectivity index (χ4n) is 1.42. The van der Waals surface area contributed by atoms with Gasteiger partial charge in [-0.2, -0.15) is 4.98 Å². The topological polar surface area (TPSA) is 102 Å². The lowest BCUT2D eigenvalue weighted by molar-refractivity contribution is -0.115. The van der Waals surface area contributed by atoms with E-state index in [1.54, 1.807) is 7.11 Å². The first-order valence-corrected chi connectivity index (χ1v) is 5.96. The fraction of sp³-hybridized carbons (Fsp3) is 0.273. The molecule has 0 bridgehead atoms. The highest BCUT2D eigenvalue weighted by Crippen LogP contribution is 2.15. The Morgan fingerprint density at radius 3 is 2.75 bits per heavy atom. The van der Waals surface area contributed by atoms with Crippen molar-refractivity contribution in [3.63, 3.8) is 0 Å². The maximum Gasteiger partial charge on any atom is 0.326 e. The number of methoxy groups -OCH3 is 1. The lowest BCUT2D eigenvalue weighted by Crippen LogP contribution is -2.22. The van der Waals surface area contributed by atoms with Gasteiger partial charge in [-0.1, -0.05) is 0 Å². The zero-order valence-corrected chi connectivity index (χ0v) is 11.2. The fourth-order valence-corrected chi connectivity index (χ4v) is 1.60. The molecule has 0 spiro atoms. The number of hydrogen-bond donors (Lipinski definition) is 2. The Labute approximate surface area is 119 Å². The molecular formula is C11H11ClN4O4. The van der Waals surface area contributed by atoms with Crippen molar-refractivity contribution >= 4 is 29.6 Å². The maximum atomic E-state index is 11.4.